The van der Waals surface area contributed by atoms with E-state index < -0.39 is 0 Å². The second-order valence-electron chi connectivity index (χ2n) is 4.87. The Kier molecular flexibility index (Phi) is 3.64. The lowest BCUT2D eigenvalue weighted by atomic mass is 10.1. The van der Waals surface area contributed by atoms with Gasteiger partial charge in [-0.1, -0.05) is 0 Å². The van der Waals surface area contributed by atoms with Crippen molar-refractivity contribution in [2.24, 2.45) is 0 Å². The fraction of sp³-hybridized carbons (Fsp3) is 0.538. The van der Waals surface area contributed by atoms with Gasteiger partial charge in [0.25, 0.3) is 0 Å². The number of nitrogens with two attached hydrogens (primary N) is 1. The second-order valence-corrected chi connectivity index (χ2v) is 4.87. The van der Waals surface area contributed by atoms with Gasteiger partial charge >= 0.3 is 0 Å². The molecule has 17 heavy (non-hydrogen) atoms. The minimum Gasteiger partial charge on any atom is -0.398 e. The standard InChI is InChI=1S/C13H20FN3/c1-9-7-17(4-3-16-9)8-11-5-12(14)6-13(15)10(11)2/h5-6,9,16H,3-4,7-8,15H2,1-2H3/t9-/m0/s1. The van der Waals surface area contributed by atoms with E-state index in [1.807, 2.05) is 6.92 Å². The van der Waals surface area contributed by atoms with Crippen molar-refractivity contribution in [1.82, 2.24) is 10.2 Å². The summed E-state index contributed by atoms with van der Waals surface area (Å²) in [6, 6.07) is 3.48. The number of halogens is 1. The van der Waals surface area contributed by atoms with E-state index in [2.05, 4.69) is 17.1 Å². The zero-order chi connectivity index (χ0) is 12.4. The molecule has 0 bridgehead atoms. The van der Waals surface area contributed by atoms with Gasteiger partial charge in [0.2, 0.25) is 0 Å². The summed E-state index contributed by atoms with van der Waals surface area (Å²) in [5.74, 6) is -0.244. The molecular weight excluding hydrogens is 217 g/mol. The summed E-state index contributed by atoms with van der Waals surface area (Å²) < 4.78 is 13.3. The first-order valence-electron chi connectivity index (χ1n) is 6.06. The van der Waals surface area contributed by atoms with Crippen molar-refractivity contribution >= 4 is 5.69 Å². The van der Waals surface area contributed by atoms with E-state index in [0.29, 0.717) is 11.7 Å². The van der Waals surface area contributed by atoms with E-state index in [1.54, 1.807) is 6.07 Å². The Balaban J connectivity index is 2.12. The molecule has 1 fully saturated rings. The van der Waals surface area contributed by atoms with Crippen LogP contribution in [0.1, 0.15) is 18.1 Å². The van der Waals surface area contributed by atoms with Crippen molar-refractivity contribution in [3.63, 3.8) is 0 Å². The van der Waals surface area contributed by atoms with Crippen LogP contribution in [0.2, 0.25) is 0 Å². The molecule has 2 rings (SSSR count). The highest BCUT2D eigenvalue weighted by atomic mass is 19.1. The van der Waals surface area contributed by atoms with Gasteiger partial charge in [-0.05, 0) is 37.1 Å². The molecule has 0 amide bonds. The van der Waals surface area contributed by atoms with Crippen LogP contribution < -0.4 is 11.1 Å². The molecule has 0 saturated carbocycles. The van der Waals surface area contributed by atoms with Crippen molar-refractivity contribution in [2.45, 2.75) is 26.4 Å². The molecule has 0 aliphatic carbocycles. The molecule has 1 aromatic rings. The number of anilines is 1. The second kappa shape index (κ2) is 5.02. The Morgan fingerprint density at radius 2 is 2.29 bits per heavy atom. The molecule has 3 N–H and O–H groups in total. The van der Waals surface area contributed by atoms with Crippen molar-refractivity contribution in [3.05, 3.63) is 29.1 Å². The lowest BCUT2D eigenvalue weighted by Gasteiger charge is -2.32. The monoisotopic (exact) mass is 237 g/mol. The first-order valence-corrected chi connectivity index (χ1v) is 6.06. The highest BCUT2D eigenvalue weighted by Gasteiger charge is 2.17. The fourth-order valence-electron chi connectivity index (χ4n) is 2.32. The summed E-state index contributed by atoms with van der Waals surface area (Å²) >= 11 is 0. The van der Waals surface area contributed by atoms with Crippen molar-refractivity contribution in [2.75, 3.05) is 25.4 Å². The summed E-state index contributed by atoms with van der Waals surface area (Å²) in [6.07, 6.45) is 0. The molecule has 0 spiro atoms. The quantitative estimate of drug-likeness (QED) is 0.766. The van der Waals surface area contributed by atoms with Gasteiger partial charge in [0.15, 0.2) is 0 Å². The average molecular weight is 237 g/mol. The molecule has 94 valence electrons. The molecule has 3 nitrogen and oxygen atoms in total. The average Bonchev–Trinajstić information content (AvgIpc) is 2.25. The number of nitrogen functional groups attached to an aromatic ring is 1. The Bertz CT molecular complexity index is 406. The minimum absolute atomic E-state index is 0.244. The van der Waals surface area contributed by atoms with E-state index >= 15 is 0 Å². The Hall–Kier alpha value is -1.13. The van der Waals surface area contributed by atoms with Crippen LogP contribution in [0.5, 0.6) is 0 Å². The van der Waals surface area contributed by atoms with Crippen molar-refractivity contribution in [3.8, 4) is 0 Å². The van der Waals surface area contributed by atoms with Gasteiger partial charge in [0.1, 0.15) is 5.82 Å². The molecule has 1 saturated heterocycles. The first-order chi connectivity index (χ1) is 8.06. The fourth-order valence-corrected chi connectivity index (χ4v) is 2.32. The molecule has 1 aliphatic heterocycles. The zero-order valence-corrected chi connectivity index (χ0v) is 10.5. The molecule has 0 unspecified atom stereocenters. The minimum atomic E-state index is -0.244. The van der Waals surface area contributed by atoms with Gasteiger partial charge in [-0.3, -0.25) is 4.90 Å². The molecule has 1 heterocycles. The summed E-state index contributed by atoms with van der Waals surface area (Å²) in [7, 11) is 0. The van der Waals surface area contributed by atoms with Crippen LogP contribution in [0.4, 0.5) is 10.1 Å². The largest absolute Gasteiger partial charge is 0.398 e. The number of hydrogen-bond donors (Lipinski definition) is 2. The third kappa shape index (κ3) is 2.96. The van der Waals surface area contributed by atoms with Crippen LogP contribution in [0.15, 0.2) is 12.1 Å². The Labute approximate surface area is 102 Å². The maximum Gasteiger partial charge on any atom is 0.125 e. The first kappa shape index (κ1) is 12.3. The highest BCUT2D eigenvalue weighted by Crippen LogP contribution is 2.20. The van der Waals surface area contributed by atoms with Crippen LogP contribution in [-0.4, -0.2) is 30.6 Å². The van der Waals surface area contributed by atoms with Gasteiger partial charge in [0.05, 0.1) is 0 Å². The number of piperazine rings is 1. The van der Waals surface area contributed by atoms with E-state index in [9.17, 15) is 4.39 Å². The van der Waals surface area contributed by atoms with Gasteiger partial charge in [-0.2, -0.15) is 0 Å². The molecule has 0 aromatic heterocycles. The lowest BCUT2D eigenvalue weighted by Crippen LogP contribution is -2.48. The third-order valence-electron chi connectivity index (χ3n) is 3.37. The molecule has 1 aromatic carbocycles. The predicted octanol–water partition coefficient (Wildman–Crippen LogP) is 1.51. The Morgan fingerprint density at radius 3 is 3.00 bits per heavy atom. The normalized spacial score (nSPS) is 21.7. The maximum absolute atomic E-state index is 13.3. The SMILES string of the molecule is Cc1c(N)cc(F)cc1CN1CCN[C@@H](C)C1. The number of nitrogens with zero attached hydrogens (tertiary/aromatic N) is 1. The van der Waals surface area contributed by atoms with Crippen molar-refractivity contribution in [1.29, 1.82) is 0 Å². The van der Waals surface area contributed by atoms with Gasteiger partial charge in [-0.15, -0.1) is 0 Å². The van der Waals surface area contributed by atoms with Crippen LogP contribution in [-0.2, 0) is 6.54 Å². The summed E-state index contributed by atoms with van der Waals surface area (Å²) in [5, 5.41) is 3.39. The molecule has 0 radical (unpaired) electrons. The van der Waals surface area contributed by atoms with Crippen LogP contribution in [0, 0.1) is 12.7 Å². The summed E-state index contributed by atoms with van der Waals surface area (Å²) in [4.78, 5) is 2.34. The number of rotatable bonds is 2. The molecule has 1 atom stereocenters. The lowest BCUT2D eigenvalue weighted by molar-refractivity contribution is 0.199. The van der Waals surface area contributed by atoms with Gasteiger partial charge < -0.3 is 11.1 Å². The van der Waals surface area contributed by atoms with Crippen molar-refractivity contribution < 1.29 is 4.39 Å². The van der Waals surface area contributed by atoms with E-state index in [-0.39, 0.29) is 5.82 Å². The highest BCUT2D eigenvalue weighted by molar-refractivity contribution is 5.50. The molecule has 4 heteroatoms. The van der Waals surface area contributed by atoms with E-state index in [1.165, 1.54) is 6.07 Å². The molecular formula is C13H20FN3. The smallest absolute Gasteiger partial charge is 0.125 e. The number of nitrogens with one attached hydrogen (secondary N) is 1. The van der Waals surface area contributed by atoms with Crippen LogP contribution >= 0.6 is 0 Å². The molecule has 1 aliphatic rings. The number of benzene rings is 1. The maximum atomic E-state index is 13.3. The summed E-state index contributed by atoms with van der Waals surface area (Å²) in [5.41, 5.74) is 8.32. The summed E-state index contributed by atoms with van der Waals surface area (Å²) in [6.45, 7) is 7.88. The van der Waals surface area contributed by atoms with E-state index in [4.69, 9.17) is 5.73 Å². The van der Waals surface area contributed by atoms with Gasteiger partial charge in [-0.25, -0.2) is 4.39 Å². The van der Waals surface area contributed by atoms with E-state index in [0.717, 1.165) is 37.3 Å². The van der Waals surface area contributed by atoms with Crippen LogP contribution in [0.3, 0.4) is 0 Å². The topological polar surface area (TPSA) is 41.3 Å². The zero-order valence-electron chi connectivity index (χ0n) is 10.5. The van der Waals surface area contributed by atoms with Crippen LogP contribution in [0.25, 0.3) is 0 Å². The third-order valence-corrected chi connectivity index (χ3v) is 3.37. The Morgan fingerprint density at radius 1 is 1.53 bits per heavy atom. The predicted molar refractivity (Wildman–Crippen MR) is 68.3 cm³/mol. The number of hydrogen-bond acceptors (Lipinski definition) is 3. The van der Waals surface area contributed by atoms with Gasteiger partial charge in [0, 0.05) is 37.9 Å².